The van der Waals surface area contributed by atoms with Crippen molar-refractivity contribution in [2.24, 2.45) is 0 Å². The van der Waals surface area contributed by atoms with Crippen LogP contribution in [0.2, 0.25) is 0 Å². The maximum atomic E-state index is 13.0. The van der Waals surface area contributed by atoms with E-state index >= 15 is 0 Å². The predicted octanol–water partition coefficient (Wildman–Crippen LogP) is 2.72. The number of nitrogens with zero attached hydrogens (tertiary/aromatic N) is 2. The lowest BCUT2D eigenvalue weighted by molar-refractivity contribution is -0.139. The summed E-state index contributed by atoms with van der Waals surface area (Å²) in [4.78, 5) is 29.4. The number of morpholine rings is 1. The van der Waals surface area contributed by atoms with Crippen LogP contribution in [-0.2, 0) is 9.53 Å². The molecule has 4 rings (SSSR count). The van der Waals surface area contributed by atoms with E-state index in [0.29, 0.717) is 38.4 Å². The highest BCUT2D eigenvalue weighted by atomic mass is 16.5. The molecule has 2 saturated heterocycles. The highest BCUT2D eigenvalue weighted by Gasteiger charge is 2.37. The van der Waals surface area contributed by atoms with Gasteiger partial charge in [0.05, 0.1) is 13.2 Å². The Labute approximate surface area is 158 Å². The van der Waals surface area contributed by atoms with Gasteiger partial charge in [-0.2, -0.15) is 0 Å². The number of rotatable bonds is 3. The summed E-state index contributed by atoms with van der Waals surface area (Å²) in [5.41, 5.74) is 1.53. The van der Waals surface area contributed by atoms with Gasteiger partial charge in [-0.25, -0.2) is 0 Å². The summed E-state index contributed by atoms with van der Waals surface area (Å²) in [5, 5.41) is 0. The van der Waals surface area contributed by atoms with Gasteiger partial charge in [-0.15, -0.1) is 0 Å². The Bertz CT molecular complexity index is 821. The highest BCUT2D eigenvalue weighted by molar-refractivity contribution is 5.98. The van der Waals surface area contributed by atoms with Crippen molar-refractivity contribution in [1.82, 2.24) is 9.80 Å². The van der Waals surface area contributed by atoms with Crippen LogP contribution < -0.4 is 0 Å². The molecule has 27 heavy (non-hydrogen) atoms. The van der Waals surface area contributed by atoms with Gasteiger partial charge in [0.15, 0.2) is 0 Å². The van der Waals surface area contributed by atoms with Crippen LogP contribution in [0.4, 0.5) is 0 Å². The number of benzene rings is 1. The van der Waals surface area contributed by atoms with E-state index in [1.807, 2.05) is 48.2 Å². The molecule has 1 aromatic carbocycles. The monoisotopic (exact) mass is 368 g/mol. The van der Waals surface area contributed by atoms with Gasteiger partial charge in [-0.3, -0.25) is 9.59 Å². The minimum Gasteiger partial charge on any atom is -0.461 e. The van der Waals surface area contributed by atoms with Gasteiger partial charge < -0.3 is 19.0 Å². The van der Waals surface area contributed by atoms with E-state index in [-0.39, 0.29) is 17.9 Å². The van der Waals surface area contributed by atoms with Crippen molar-refractivity contribution in [3.05, 3.63) is 47.7 Å². The Balaban J connectivity index is 1.48. The quantitative estimate of drug-likeness (QED) is 0.836. The number of likely N-dealkylation sites (tertiary alicyclic amines) is 1. The largest absolute Gasteiger partial charge is 0.461 e. The minimum atomic E-state index is -0.358. The highest BCUT2D eigenvalue weighted by Crippen LogP contribution is 2.25. The minimum absolute atomic E-state index is 0.0480. The number of hydrogen-bond donors (Lipinski definition) is 0. The van der Waals surface area contributed by atoms with Crippen LogP contribution in [0.1, 0.15) is 29.0 Å². The van der Waals surface area contributed by atoms with Crippen molar-refractivity contribution in [2.75, 3.05) is 32.8 Å². The molecule has 0 N–H and O–H groups in total. The molecule has 0 saturated carbocycles. The van der Waals surface area contributed by atoms with Gasteiger partial charge in [0.2, 0.25) is 5.91 Å². The normalized spacial score (nSPS) is 20.1. The Morgan fingerprint density at radius 3 is 2.41 bits per heavy atom. The molecule has 1 atom stereocenters. The van der Waals surface area contributed by atoms with Crippen molar-refractivity contribution in [3.63, 3.8) is 0 Å². The smallest absolute Gasteiger partial charge is 0.254 e. The fraction of sp³-hybridized carbons (Fsp3) is 0.429. The molecule has 2 fully saturated rings. The first-order valence-electron chi connectivity index (χ1n) is 9.48. The molecule has 0 radical (unpaired) electrons. The zero-order chi connectivity index (χ0) is 18.8. The molecular formula is C21H24N2O4. The molecule has 3 heterocycles. The first-order valence-corrected chi connectivity index (χ1v) is 9.48. The standard InChI is InChI=1S/C21H24N2O4/c1-15-4-9-19(27-15)16-5-7-17(8-6-16)20(24)23-10-2-3-18(23)21(25)22-11-13-26-14-12-22/h4-9,18H,2-3,10-14H2,1H3. The summed E-state index contributed by atoms with van der Waals surface area (Å²) in [6.07, 6.45) is 1.59. The summed E-state index contributed by atoms with van der Waals surface area (Å²) >= 11 is 0. The number of carbonyl (C=O) groups is 2. The molecule has 0 aliphatic carbocycles. The second kappa shape index (κ2) is 7.56. The first kappa shape index (κ1) is 17.8. The molecule has 0 spiro atoms. The molecule has 6 heteroatoms. The van der Waals surface area contributed by atoms with Gasteiger partial charge in [-0.1, -0.05) is 12.1 Å². The zero-order valence-corrected chi connectivity index (χ0v) is 15.5. The third-order valence-corrected chi connectivity index (χ3v) is 5.28. The van der Waals surface area contributed by atoms with Crippen molar-refractivity contribution in [3.8, 4) is 11.3 Å². The Morgan fingerprint density at radius 1 is 1.00 bits per heavy atom. The second-order valence-corrected chi connectivity index (χ2v) is 7.08. The molecule has 1 unspecified atom stereocenters. The summed E-state index contributed by atoms with van der Waals surface area (Å²) in [6.45, 7) is 4.88. The van der Waals surface area contributed by atoms with E-state index in [4.69, 9.17) is 9.15 Å². The number of amides is 2. The summed E-state index contributed by atoms with van der Waals surface area (Å²) < 4.78 is 11.0. The van der Waals surface area contributed by atoms with Crippen LogP contribution in [0.25, 0.3) is 11.3 Å². The lowest BCUT2D eigenvalue weighted by atomic mass is 10.1. The third-order valence-electron chi connectivity index (χ3n) is 5.28. The fourth-order valence-electron chi connectivity index (χ4n) is 3.79. The second-order valence-electron chi connectivity index (χ2n) is 7.08. The van der Waals surface area contributed by atoms with Crippen LogP contribution >= 0.6 is 0 Å². The van der Waals surface area contributed by atoms with Crippen LogP contribution in [0.5, 0.6) is 0 Å². The number of aryl methyl sites for hydroxylation is 1. The fourth-order valence-corrected chi connectivity index (χ4v) is 3.79. The average Bonchev–Trinajstić information content (AvgIpc) is 3.37. The van der Waals surface area contributed by atoms with Gasteiger partial charge in [-0.05, 0) is 44.0 Å². The maximum Gasteiger partial charge on any atom is 0.254 e. The number of furan rings is 1. The summed E-state index contributed by atoms with van der Waals surface area (Å²) in [6, 6.07) is 10.9. The third kappa shape index (κ3) is 3.62. The molecule has 6 nitrogen and oxygen atoms in total. The summed E-state index contributed by atoms with van der Waals surface area (Å²) in [5.74, 6) is 1.60. The average molecular weight is 368 g/mol. The van der Waals surface area contributed by atoms with E-state index in [1.54, 1.807) is 4.90 Å². The molecule has 2 aliphatic rings. The number of carbonyl (C=O) groups excluding carboxylic acids is 2. The van der Waals surface area contributed by atoms with Gasteiger partial charge in [0.1, 0.15) is 17.6 Å². The predicted molar refractivity (Wildman–Crippen MR) is 100 cm³/mol. The summed E-state index contributed by atoms with van der Waals surface area (Å²) in [7, 11) is 0. The van der Waals surface area contributed by atoms with Crippen molar-refractivity contribution in [2.45, 2.75) is 25.8 Å². The van der Waals surface area contributed by atoms with E-state index in [2.05, 4.69) is 0 Å². The van der Waals surface area contributed by atoms with Crippen molar-refractivity contribution in [1.29, 1.82) is 0 Å². The Morgan fingerprint density at radius 2 is 1.74 bits per heavy atom. The lowest BCUT2D eigenvalue weighted by Gasteiger charge is -2.32. The molecule has 0 bridgehead atoms. The Kier molecular flexibility index (Phi) is 4.99. The van der Waals surface area contributed by atoms with Crippen molar-refractivity contribution >= 4 is 11.8 Å². The van der Waals surface area contributed by atoms with Crippen LogP contribution in [0, 0.1) is 6.92 Å². The SMILES string of the molecule is Cc1ccc(-c2ccc(C(=O)N3CCCC3C(=O)N3CCOCC3)cc2)o1. The van der Waals surface area contributed by atoms with Gasteiger partial charge in [0, 0.05) is 30.8 Å². The number of ether oxygens (including phenoxy) is 1. The molecule has 1 aromatic heterocycles. The molecular weight excluding hydrogens is 344 g/mol. The van der Waals surface area contributed by atoms with Crippen molar-refractivity contribution < 1.29 is 18.7 Å². The molecule has 2 amide bonds. The van der Waals surface area contributed by atoms with E-state index in [1.165, 1.54) is 0 Å². The zero-order valence-electron chi connectivity index (χ0n) is 15.5. The van der Waals surface area contributed by atoms with Crippen LogP contribution in [-0.4, -0.2) is 60.5 Å². The molecule has 142 valence electrons. The Hall–Kier alpha value is -2.60. The number of hydrogen-bond acceptors (Lipinski definition) is 4. The first-order chi connectivity index (χ1) is 13.1. The van der Waals surface area contributed by atoms with Gasteiger partial charge >= 0.3 is 0 Å². The van der Waals surface area contributed by atoms with E-state index in [0.717, 1.165) is 29.9 Å². The van der Waals surface area contributed by atoms with E-state index in [9.17, 15) is 9.59 Å². The van der Waals surface area contributed by atoms with Crippen LogP contribution in [0.3, 0.4) is 0 Å². The topological polar surface area (TPSA) is 63.0 Å². The lowest BCUT2D eigenvalue weighted by Crippen LogP contribution is -2.51. The molecule has 2 aromatic rings. The van der Waals surface area contributed by atoms with Gasteiger partial charge in [0.25, 0.3) is 5.91 Å². The van der Waals surface area contributed by atoms with Crippen LogP contribution in [0.15, 0.2) is 40.8 Å². The van der Waals surface area contributed by atoms with E-state index < -0.39 is 0 Å². The molecule has 2 aliphatic heterocycles. The maximum absolute atomic E-state index is 13.0.